The molecule has 2 heterocycles. The maximum Gasteiger partial charge on any atom is 0.333 e. The molecule has 0 saturated heterocycles. The van der Waals surface area contributed by atoms with Crippen molar-refractivity contribution in [2.24, 2.45) is 7.05 Å². The molecule has 0 aliphatic carbocycles. The molecule has 0 fully saturated rings. The van der Waals surface area contributed by atoms with Crippen molar-refractivity contribution in [3.05, 3.63) is 41.3 Å². The van der Waals surface area contributed by atoms with E-state index in [1.807, 2.05) is 38.2 Å². The predicted molar refractivity (Wildman–Crippen MR) is 119 cm³/mol. The molecule has 0 aliphatic heterocycles. The van der Waals surface area contributed by atoms with Crippen LogP contribution in [0.25, 0.3) is 11.0 Å². The maximum atomic E-state index is 11.2. The van der Waals surface area contributed by atoms with Crippen LogP contribution in [-0.4, -0.2) is 56.7 Å². The molecule has 0 spiro atoms. The number of fused-ring (bicyclic) bond motifs is 1. The van der Waals surface area contributed by atoms with Gasteiger partial charge in [-0.15, -0.1) is 0 Å². The standard InChI is InChI=1S/C23H30N4O5/c1-5-7-18-20-21(27(4)26-18)22(25-15(3)24-20)32-13-12-31-17-10-8-16(9-11-17)14-19(23(28)29)30-6-2/h8-11,19H,5-7,12-14H2,1-4H3,(H,28,29)/t19-/m0/s1. The van der Waals surface area contributed by atoms with Gasteiger partial charge in [0.2, 0.25) is 5.88 Å². The quantitative estimate of drug-likeness (QED) is 0.426. The van der Waals surface area contributed by atoms with Crippen molar-refractivity contribution in [2.45, 2.75) is 46.1 Å². The average Bonchev–Trinajstić information content (AvgIpc) is 3.07. The van der Waals surface area contributed by atoms with Gasteiger partial charge < -0.3 is 19.3 Å². The number of nitrogens with zero attached hydrogens (tertiary/aromatic N) is 4. The molecule has 0 unspecified atom stereocenters. The maximum absolute atomic E-state index is 11.2. The Morgan fingerprint density at radius 2 is 1.84 bits per heavy atom. The van der Waals surface area contributed by atoms with E-state index in [-0.39, 0.29) is 0 Å². The highest BCUT2D eigenvalue weighted by molar-refractivity contribution is 5.82. The van der Waals surface area contributed by atoms with Crippen LogP contribution < -0.4 is 9.47 Å². The van der Waals surface area contributed by atoms with E-state index in [9.17, 15) is 9.90 Å². The molecule has 172 valence electrons. The van der Waals surface area contributed by atoms with Crippen LogP contribution in [0.15, 0.2) is 24.3 Å². The van der Waals surface area contributed by atoms with Crippen molar-refractivity contribution in [2.75, 3.05) is 19.8 Å². The zero-order chi connectivity index (χ0) is 23.1. The zero-order valence-corrected chi connectivity index (χ0v) is 19.0. The fourth-order valence-electron chi connectivity index (χ4n) is 3.47. The fourth-order valence-corrected chi connectivity index (χ4v) is 3.47. The number of hydrogen-bond acceptors (Lipinski definition) is 7. The van der Waals surface area contributed by atoms with Crippen molar-refractivity contribution in [3.63, 3.8) is 0 Å². The van der Waals surface area contributed by atoms with E-state index in [0.717, 1.165) is 35.1 Å². The number of rotatable bonds is 12. The number of carbonyl (C=O) groups is 1. The lowest BCUT2D eigenvalue weighted by Crippen LogP contribution is -2.26. The second-order valence-corrected chi connectivity index (χ2v) is 7.42. The number of aryl methyl sites for hydroxylation is 3. The third-order valence-corrected chi connectivity index (χ3v) is 4.90. The topological polar surface area (TPSA) is 109 Å². The summed E-state index contributed by atoms with van der Waals surface area (Å²) in [6.45, 7) is 6.73. The molecule has 3 aromatic rings. The minimum atomic E-state index is -0.964. The molecule has 32 heavy (non-hydrogen) atoms. The Morgan fingerprint density at radius 3 is 2.50 bits per heavy atom. The van der Waals surface area contributed by atoms with Gasteiger partial charge >= 0.3 is 5.97 Å². The van der Waals surface area contributed by atoms with Gasteiger partial charge in [-0.1, -0.05) is 25.5 Å². The van der Waals surface area contributed by atoms with Crippen LogP contribution in [0.3, 0.4) is 0 Å². The van der Waals surface area contributed by atoms with E-state index in [0.29, 0.717) is 43.7 Å². The SMILES string of the molecule is CCCc1nn(C)c2c(OCCOc3ccc(C[C@H](OCC)C(=O)O)cc3)nc(C)nc12. The van der Waals surface area contributed by atoms with Crippen LogP contribution in [0.2, 0.25) is 0 Å². The Bertz CT molecular complexity index is 1050. The molecule has 0 bridgehead atoms. The highest BCUT2D eigenvalue weighted by Crippen LogP contribution is 2.25. The minimum absolute atomic E-state index is 0.306. The Labute approximate surface area is 187 Å². The van der Waals surface area contributed by atoms with E-state index >= 15 is 0 Å². The monoisotopic (exact) mass is 442 g/mol. The molecule has 2 aromatic heterocycles. The van der Waals surface area contributed by atoms with Crippen molar-refractivity contribution in [1.82, 2.24) is 19.7 Å². The molecule has 1 aromatic carbocycles. The van der Waals surface area contributed by atoms with E-state index < -0.39 is 12.1 Å². The summed E-state index contributed by atoms with van der Waals surface area (Å²) < 4.78 is 18.7. The van der Waals surface area contributed by atoms with Crippen LogP contribution in [-0.2, 0) is 29.4 Å². The number of carboxylic acids is 1. The molecule has 0 amide bonds. The van der Waals surface area contributed by atoms with Crippen molar-refractivity contribution < 1.29 is 24.1 Å². The molecule has 1 N–H and O–H groups in total. The number of aromatic nitrogens is 4. The van der Waals surface area contributed by atoms with Crippen LogP contribution in [0.5, 0.6) is 11.6 Å². The Morgan fingerprint density at radius 1 is 1.12 bits per heavy atom. The average molecular weight is 443 g/mol. The second-order valence-electron chi connectivity index (χ2n) is 7.42. The highest BCUT2D eigenvalue weighted by Gasteiger charge is 2.18. The van der Waals surface area contributed by atoms with Gasteiger partial charge in [0.05, 0.1) is 5.69 Å². The lowest BCUT2D eigenvalue weighted by molar-refractivity contribution is -0.149. The molecule has 0 saturated carbocycles. The summed E-state index contributed by atoms with van der Waals surface area (Å²) in [6.07, 6.45) is 1.29. The molecule has 3 rings (SSSR count). The highest BCUT2D eigenvalue weighted by atomic mass is 16.5. The van der Waals surface area contributed by atoms with Gasteiger partial charge in [-0.2, -0.15) is 10.1 Å². The first-order valence-corrected chi connectivity index (χ1v) is 10.8. The van der Waals surface area contributed by atoms with Crippen molar-refractivity contribution in [1.29, 1.82) is 0 Å². The first-order chi connectivity index (χ1) is 15.4. The van der Waals surface area contributed by atoms with Gasteiger partial charge in [-0.25, -0.2) is 9.78 Å². The molecule has 9 heteroatoms. The largest absolute Gasteiger partial charge is 0.490 e. The number of carboxylic acid groups (broad SMARTS) is 1. The van der Waals surface area contributed by atoms with Crippen LogP contribution in [0.1, 0.15) is 37.4 Å². The number of aliphatic carboxylic acids is 1. The zero-order valence-electron chi connectivity index (χ0n) is 19.0. The fraction of sp³-hybridized carbons (Fsp3) is 0.478. The summed E-state index contributed by atoms with van der Waals surface area (Å²) >= 11 is 0. The summed E-state index contributed by atoms with van der Waals surface area (Å²) in [4.78, 5) is 20.2. The van der Waals surface area contributed by atoms with Gasteiger partial charge in [-0.3, -0.25) is 4.68 Å². The molecule has 1 atom stereocenters. The van der Waals surface area contributed by atoms with Gasteiger partial charge in [-0.05, 0) is 38.0 Å². The van der Waals surface area contributed by atoms with Gasteiger partial charge in [0, 0.05) is 20.1 Å². The first kappa shape index (κ1) is 23.5. The normalized spacial score (nSPS) is 12.1. The molecule has 9 nitrogen and oxygen atoms in total. The summed E-state index contributed by atoms with van der Waals surface area (Å²) in [7, 11) is 1.87. The Kier molecular flexibility index (Phi) is 7.99. The summed E-state index contributed by atoms with van der Waals surface area (Å²) in [5.74, 6) is 0.851. The third kappa shape index (κ3) is 5.73. The van der Waals surface area contributed by atoms with E-state index in [2.05, 4.69) is 22.0 Å². The minimum Gasteiger partial charge on any atom is -0.490 e. The number of hydrogen-bond donors (Lipinski definition) is 1. The second kappa shape index (κ2) is 10.9. The summed E-state index contributed by atoms with van der Waals surface area (Å²) in [5.41, 5.74) is 3.43. The molecular formula is C23H30N4O5. The van der Waals surface area contributed by atoms with E-state index in [1.54, 1.807) is 11.6 Å². The van der Waals surface area contributed by atoms with E-state index in [1.165, 1.54) is 0 Å². The Hall–Kier alpha value is -3.20. The number of benzene rings is 1. The number of ether oxygens (including phenoxy) is 3. The van der Waals surface area contributed by atoms with E-state index in [4.69, 9.17) is 14.2 Å². The Balaban J connectivity index is 1.57. The molecule has 0 radical (unpaired) electrons. The predicted octanol–water partition coefficient (Wildman–Crippen LogP) is 3.11. The van der Waals surface area contributed by atoms with Gasteiger partial charge in [0.1, 0.15) is 35.8 Å². The van der Waals surface area contributed by atoms with Gasteiger partial charge in [0.25, 0.3) is 0 Å². The molecule has 0 aliphatic rings. The lowest BCUT2D eigenvalue weighted by atomic mass is 10.1. The lowest BCUT2D eigenvalue weighted by Gasteiger charge is -2.13. The smallest absolute Gasteiger partial charge is 0.333 e. The molecular weight excluding hydrogens is 412 g/mol. The van der Waals surface area contributed by atoms with Crippen LogP contribution >= 0.6 is 0 Å². The van der Waals surface area contributed by atoms with Crippen LogP contribution in [0.4, 0.5) is 0 Å². The van der Waals surface area contributed by atoms with Crippen LogP contribution in [0, 0.1) is 6.92 Å². The van der Waals surface area contributed by atoms with Crippen molar-refractivity contribution >= 4 is 17.0 Å². The van der Waals surface area contributed by atoms with Gasteiger partial charge in [0.15, 0.2) is 6.10 Å². The first-order valence-electron chi connectivity index (χ1n) is 10.8. The third-order valence-electron chi connectivity index (χ3n) is 4.90. The van der Waals surface area contributed by atoms with Crippen molar-refractivity contribution in [3.8, 4) is 11.6 Å². The summed E-state index contributed by atoms with van der Waals surface area (Å²) in [5, 5.41) is 13.8. The summed E-state index contributed by atoms with van der Waals surface area (Å²) in [6, 6.07) is 7.30.